The van der Waals surface area contributed by atoms with Crippen molar-refractivity contribution in [3.8, 4) is 0 Å². The van der Waals surface area contributed by atoms with E-state index in [0.29, 0.717) is 19.3 Å². The molecule has 0 heterocycles. The van der Waals surface area contributed by atoms with Gasteiger partial charge in [0, 0.05) is 25.3 Å². The van der Waals surface area contributed by atoms with E-state index in [4.69, 9.17) is 19.3 Å². The lowest BCUT2D eigenvalue weighted by Crippen LogP contribution is -2.30. The van der Waals surface area contributed by atoms with Gasteiger partial charge in [-0.05, 0) is 19.3 Å². The van der Waals surface area contributed by atoms with Gasteiger partial charge in [-0.3, -0.25) is 14.4 Å². The van der Waals surface area contributed by atoms with Gasteiger partial charge in [-0.25, -0.2) is 4.79 Å². The van der Waals surface area contributed by atoms with E-state index in [1.807, 2.05) is 0 Å². The molecule has 0 aliphatic heterocycles. The third kappa shape index (κ3) is 59.7. The summed E-state index contributed by atoms with van der Waals surface area (Å²) in [6, 6.07) is 0. The van der Waals surface area contributed by atoms with E-state index >= 15 is 0 Å². The summed E-state index contributed by atoms with van der Waals surface area (Å²) in [5.41, 5.74) is 0. The molecule has 402 valence electrons. The second-order valence-corrected chi connectivity index (χ2v) is 20.1. The summed E-state index contributed by atoms with van der Waals surface area (Å²) in [4.78, 5) is 47.3. The number of rotatable bonds is 54. The van der Waals surface area contributed by atoms with Crippen molar-refractivity contribution in [2.24, 2.45) is 0 Å². The van der Waals surface area contributed by atoms with Gasteiger partial charge >= 0.3 is 23.9 Å². The molecule has 68 heavy (non-hydrogen) atoms. The lowest BCUT2D eigenvalue weighted by molar-refractivity contribution is -0.167. The van der Waals surface area contributed by atoms with Gasteiger partial charge in [-0.1, -0.05) is 297 Å². The largest absolute Gasteiger partial charge is 0.478 e. The van der Waals surface area contributed by atoms with Crippen LogP contribution in [0, 0.1) is 0 Å². The van der Waals surface area contributed by atoms with Crippen molar-refractivity contribution in [1.82, 2.24) is 0 Å². The Balaban J connectivity index is 0. The maximum atomic E-state index is 12.8. The van der Waals surface area contributed by atoms with E-state index in [2.05, 4.69) is 27.4 Å². The zero-order valence-electron chi connectivity index (χ0n) is 45.5. The molecule has 0 spiro atoms. The summed E-state index contributed by atoms with van der Waals surface area (Å²) in [5, 5.41) is 7.60. The number of carboxylic acids is 1. The molecule has 0 saturated heterocycles. The van der Waals surface area contributed by atoms with Crippen molar-refractivity contribution in [2.45, 2.75) is 335 Å². The number of ether oxygens (including phenoxy) is 3. The highest BCUT2D eigenvalue weighted by Crippen LogP contribution is 2.18. The standard InChI is InChI=1S/C57H110O6.C3H4O2/c1-4-7-10-13-16-19-22-25-28-31-34-37-40-43-46-49-55(58)61-52-54(63-57(60)51-48-45-42-39-36-33-30-27-24-21-18-15-12-9-6-3)53-62-56(59)50-47-44-41-38-35-32-29-26-23-20-17-14-11-8-5-2;1-2-3(4)5/h54H,4-53H2,1-3H3;2H,1H2,(H,4,5). The fraction of sp³-hybridized carbons (Fsp3) is 0.900. The third-order valence-electron chi connectivity index (χ3n) is 13.3. The Hall–Kier alpha value is -2.38. The van der Waals surface area contributed by atoms with Crippen LogP contribution < -0.4 is 0 Å². The number of hydrogen-bond donors (Lipinski definition) is 1. The first-order valence-electron chi connectivity index (χ1n) is 29.7. The number of carboxylic acid groups (broad SMARTS) is 1. The van der Waals surface area contributed by atoms with E-state index in [9.17, 15) is 19.2 Å². The van der Waals surface area contributed by atoms with Crippen molar-refractivity contribution in [1.29, 1.82) is 0 Å². The predicted octanol–water partition coefficient (Wildman–Crippen LogP) is 19.0. The number of aliphatic carboxylic acids is 1. The number of esters is 3. The van der Waals surface area contributed by atoms with Gasteiger partial charge in [0.25, 0.3) is 0 Å². The molecule has 0 aromatic rings. The smallest absolute Gasteiger partial charge is 0.327 e. The zero-order valence-corrected chi connectivity index (χ0v) is 45.5. The van der Waals surface area contributed by atoms with Gasteiger partial charge in [0.1, 0.15) is 13.2 Å². The molecule has 0 aromatic heterocycles. The average Bonchev–Trinajstić information content (AvgIpc) is 3.33. The van der Waals surface area contributed by atoms with Crippen LogP contribution in [0.15, 0.2) is 12.7 Å². The molecule has 0 radical (unpaired) electrons. The molecule has 0 saturated carbocycles. The summed E-state index contributed by atoms with van der Waals surface area (Å²) in [7, 11) is 0. The van der Waals surface area contributed by atoms with Crippen LogP contribution in [-0.4, -0.2) is 48.3 Å². The van der Waals surface area contributed by atoms with Crippen LogP contribution in [0.25, 0.3) is 0 Å². The highest BCUT2D eigenvalue weighted by atomic mass is 16.6. The fourth-order valence-corrected chi connectivity index (χ4v) is 8.80. The lowest BCUT2D eigenvalue weighted by Gasteiger charge is -2.18. The van der Waals surface area contributed by atoms with Crippen LogP contribution in [0.4, 0.5) is 0 Å². The summed E-state index contributed by atoms with van der Waals surface area (Å²) >= 11 is 0. The minimum absolute atomic E-state index is 0.0611. The van der Waals surface area contributed by atoms with Crippen LogP contribution in [-0.2, 0) is 33.4 Å². The Morgan fingerprint density at radius 2 is 0.515 bits per heavy atom. The number of unbranched alkanes of at least 4 members (excludes halogenated alkanes) is 42. The molecule has 8 nitrogen and oxygen atoms in total. The Kier molecular flexibility index (Phi) is 58.7. The average molecular weight is 964 g/mol. The molecule has 0 fully saturated rings. The maximum Gasteiger partial charge on any atom is 0.327 e. The zero-order chi connectivity index (χ0) is 50.1. The molecular formula is C60H114O8. The normalized spacial score (nSPS) is 11.1. The van der Waals surface area contributed by atoms with E-state index < -0.39 is 12.1 Å². The molecule has 8 heteroatoms. The molecule has 0 rings (SSSR count). The maximum absolute atomic E-state index is 12.8. The Labute approximate surface area is 421 Å². The summed E-state index contributed by atoms with van der Waals surface area (Å²) in [6.07, 6.45) is 58.8. The van der Waals surface area contributed by atoms with Crippen LogP contribution in [0.1, 0.15) is 329 Å². The predicted molar refractivity (Wildman–Crippen MR) is 288 cm³/mol. The van der Waals surface area contributed by atoms with Gasteiger partial charge in [-0.2, -0.15) is 0 Å². The summed E-state index contributed by atoms with van der Waals surface area (Å²) in [5.74, 6) is -1.81. The first-order valence-corrected chi connectivity index (χ1v) is 29.7. The third-order valence-corrected chi connectivity index (χ3v) is 13.3. The molecule has 1 N–H and O–H groups in total. The van der Waals surface area contributed by atoms with Crippen molar-refractivity contribution in [3.05, 3.63) is 12.7 Å². The van der Waals surface area contributed by atoms with Gasteiger partial charge in [0.15, 0.2) is 6.10 Å². The quantitative estimate of drug-likeness (QED) is 0.0277. The van der Waals surface area contributed by atoms with E-state index in [-0.39, 0.29) is 31.1 Å². The van der Waals surface area contributed by atoms with Gasteiger partial charge in [0.2, 0.25) is 0 Å². The van der Waals surface area contributed by atoms with Crippen LogP contribution in [0.2, 0.25) is 0 Å². The molecule has 0 aliphatic carbocycles. The lowest BCUT2D eigenvalue weighted by atomic mass is 10.0. The number of carbonyl (C=O) groups is 4. The summed E-state index contributed by atoms with van der Waals surface area (Å²) < 4.78 is 16.9. The Morgan fingerprint density at radius 1 is 0.338 bits per heavy atom. The van der Waals surface area contributed by atoms with Crippen molar-refractivity contribution in [3.63, 3.8) is 0 Å². The molecule has 0 atom stereocenters. The monoisotopic (exact) mass is 963 g/mol. The number of hydrogen-bond acceptors (Lipinski definition) is 7. The minimum atomic E-state index is -0.981. The molecule has 0 aromatic carbocycles. The second kappa shape index (κ2) is 58.9. The molecule has 0 unspecified atom stereocenters. The van der Waals surface area contributed by atoms with Gasteiger partial charge in [-0.15, -0.1) is 0 Å². The van der Waals surface area contributed by atoms with Crippen molar-refractivity contribution < 1.29 is 38.5 Å². The highest BCUT2D eigenvalue weighted by Gasteiger charge is 2.19. The van der Waals surface area contributed by atoms with Crippen molar-refractivity contribution in [2.75, 3.05) is 13.2 Å². The Morgan fingerprint density at radius 3 is 0.706 bits per heavy atom. The summed E-state index contributed by atoms with van der Waals surface area (Å²) in [6.45, 7) is 9.67. The van der Waals surface area contributed by atoms with E-state index in [1.54, 1.807) is 0 Å². The van der Waals surface area contributed by atoms with E-state index in [1.165, 1.54) is 231 Å². The topological polar surface area (TPSA) is 116 Å². The molecule has 0 aliphatic rings. The van der Waals surface area contributed by atoms with Crippen LogP contribution in [0.5, 0.6) is 0 Å². The number of carbonyl (C=O) groups excluding carboxylic acids is 3. The first kappa shape index (κ1) is 67.7. The highest BCUT2D eigenvalue weighted by molar-refractivity contribution is 5.78. The fourth-order valence-electron chi connectivity index (χ4n) is 8.80. The van der Waals surface area contributed by atoms with Gasteiger partial charge in [0.05, 0.1) is 0 Å². The van der Waals surface area contributed by atoms with E-state index in [0.717, 1.165) is 63.9 Å². The van der Waals surface area contributed by atoms with Crippen LogP contribution in [0.3, 0.4) is 0 Å². The molecular weight excluding hydrogens is 849 g/mol. The molecule has 0 amide bonds. The Bertz CT molecular complexity index is 1030. The minimum Gasteiger partial charge on any atom is -0.478 e. The molecule has 0 bridgehead atoms. The second-order valence-electron chi connectivity index (χ2n) is 20.1. The van der Waals surface area contributed by atoms with Crippen molar-refractivity contribution >= 4 is 23.9 Å². The van der Waals surface area contributed by atoms with Gasteiger partial charge < -0.3 is 19.3 Å². The SMILES string of the molecule is C=CC(=O)O.CCCCCCCCCCCCCCCCCC(=O)OCC(COC(=O)CCCCCCCCCCCCCCCCC)OC(=O)CCCCCCCCCCCCCCCCC. The van der Waals surface area contributed by atoms with Crippen LogP contribution >= 0.6 is 0 Å². The first-order chi connectivity index (χ1) is 33.3.